The Morgan fingerprint density at radius 3 is 2.33 bits per heavy atom. The SMILES string of the molecule is C=C1/C=C(C#N)\C=C/CN(c2cc(C#N)cc(-c3ccc(-n4c5c(c6ccccc64)C=CCC5)c(-c4ccccc4)c3)c2)c2ccccc21. The molecule has 1 aromatic heterocycles. The molecule has 232 valence electrons. The molecule has 0 spiro atoms. The number of allylic oxidation sites excluding steroid dienone is 5. The fraction of sp³-hybridized carbons (Fsp3) is 0.0667. The van der Waals surface area contributed by atoms with Gasteiger partial charge in [0.25, 0.3) is 0 Å². The second-order valence-corrected chi connectivity index (χ2v) is 12.4. The Kier molecular flexibility index (Phi) is 7.61. The third kappa shape index (κ3) is 5.36. The normalized spacial score (nSPS) is 15.5. The fourth-order valence-electron chi connectivity index (χ4n) is 7.20. The van der Waals surface area contributed by atoms with E-state index >= 15 is 0 Å². The molecule has 4 heteroatoms. The fourth-order valence-corrected chi connectivity index (χ4v) is 7.20. The summed E-state index contributed by atoms with van der Waals surface area (Å²) in [6.45, 7) is 4.81. The molecule has 2 heterocycles. The van der Waals surface area contributed by atoms with E-state index < -0.39 is 0 Å². The summed E-state index contributed by atoms with van der Waals surface area (Å²) in [6.07, 6.45) is 12.2. The molecule has 0 saturated heterocycles. The highest BCUT2D eigenvalue weighted by molar-refractivity contribution is 5.95. The topological polar surface area (TPSA) is 55.8 Å². The first-order valence-corrected chi connectivity index (χ1v) is 16.5. The minimum atomic E-state index is 0.520. The predicted octanol–water partition coefficient (Wildman–Crippen LogP) is 11.0. The number of anilines is 2. The third-order valence-corrected chi connectivity index (χ3v) is 9.45. The highest BCUT2D eigenvalue weighted by Crippen LogP contribution is 2.41. The monoisotopic (exact) mass is 628 g/mol. The van der Waals surface area contributed by atoms with Gasteiger partial charge in [-0.25, -0.2) is 0 Å². The second kappa shape index (κ2) is 12.5. The molecular formula is C45H32N4. The molecule has 1 aliphatic heterocycles. The van der Waals surface area contributed by atoms with Crippen LogP contribution < -0.4 is 4.90 Å². The van der Waals surface area contributed by atoms with Gasteiger partial charge >= 0.3 is 0 Å². The van der Waals surface area contributed by atoms with E-state index in [1.165, 1.54) is 22.2 Å². The third-order valence-electron chi connectivity index (χ3n) is 9.45. The van der Waals surface area contributed by atoms with Crippen LogP contribution in [0.25, 0.3) is 50.5 Å². The van der Waals surface area contributed by atoms with E-state index in [0.717, 1.165) is 63.3 Å². The summed E-state index contributed by atoms with van der Waals surface area (Å²) in [5.41, 5.74) is 13.9. The molecule has 1 aliphatic carbocycles. The number of fused-ring (bicyclic) bond motifs is 4. The molecule has 0 bridgehead atoms. The summed E-state index contributed by atoms with van der Waals surface area (Å²) in [6, 6.07) is 44.7. The first kappa shape index (κ1) is 29.8. The van der Waals surface area contributed by atoms with Crippen molar-refractivity contribution in [3.05, 3.63) is 174 Å². The molecule has 4 nitrogen and oxygen atoms in total. The molecule has 2 aliphatic rings. The lowest BCUT2D eigenvalue weighted by Crippen LogP contribution is -2.18. The van der Waals surface area contributed by atoms with Crippen LogP contribution in [0, 0.1) is 22.7 Å². The van der Waals surface area contributed by atoms with Crippen molar-refractivity contribution < 1.29 is 0 Å². The summed E-state index contributed by atoms with van der Waals surface area (Å²) >= 11 is 0. The largest absolute Gasteiger partial charge is 0.337 e. The second-order valence-electron chi connectivity index (χ2n) is 12.4. The van der Waals surface area contributed by atoms with Crippen LogP contribution >= 0.6 is 0 Å². The van der Waals surface area contributed by atoms with Crippen molar-refractivity contribution in [2.45, 2.75) is 12.8 Å². The molecular weight excluding hydrogens is 597 g/mol. The van der Waals surface area contributed by atoms with Crippen LogP contribution in [-0.4, -0.2) is 11.1 Å². The minimum absolute atomic E-state index is 0.520. The van der Waals surface area contributed by atoms with Gasteiger partial charge in [-0.1, -0.05) is 97.6 Å². The van der Waals surface area contributed by atoms with E-state index in [1.807, 2.05) is 48.6 Å². The maximum Gasteiger partial charge on any atom is 0.0992 e. The first-order valence-electron chi connectivity index (χ1n) is 16.5. The molecule has 0 fully saturated rings. The van der Waals surface area contributed by atoms with Crippen LogP contribution in [0.5, 0.6) is 0 Å². The standard InChI is InChI=1S/C45H32N4/c1-31-24-32(29-46)12-11-23-48(42-18-8-5-15-38(31)42)37-26-33(30-47)25-36(27-37)35-21-22-45(41(28-35)34-13-3-2-4-14-34)49-43-19-9-6-16-39(43)40-17-7-10-20-44(40)49/h2-9,11-19,21-22,24-28H,1,10,20,23H2/b12-11-,32-24+. The van der Waals surface area contributed by atoms with Gasteiger partial charge in [0.1, 0.15) is 0 Å². The number of nitriles is 2. The van der Waals surface area contributed by atoms with Gasteiger partial charge < -0.3 is 9.47 Å². The van der Waals surface area contributed by atoms with E-state index in [2.05, 4.69) is 125 Å². The molecule has 0 amide bonds. The van der Waals surface area contributed by atoms with Crippen LogP contribution in [0.2, 0.25) is 0 Å². The van der Waals surface area contributed by atoms with Crippen LogP contribution in [0.4, 0.5) is 11.4 Å². The van der Waals surface area contributed by atoms with Crippen molar-refractivity contribution >= 4 is 33.9 Å². The zero-order valence-corrected chi connectivity index (χ0v) is 27.0. The van der Waals surface area contributed by atoms with Gasteiger partial charge in [0.2, 0.25) is 0 Å². The van der Waals surface area contributed by atoms with Gasteiger partial charge in [0, 0.05) is 45.7 Å². The lowest BCUT2D eigenvalue weighted by Gasteiger charge is -2.27. The predicted molar refractivity (Wildman–Crippen MR) is 202 cm³/mol. The Labute approximate surface area is 286 Å². The van der Waals surface area contributed by atoms with E-state index in [9.17, 15) is 10.5 Å². The summed E-state index contributed by atoms with van der Waals surface area (Å²) in [5.74, 6) is 0. The van der Waals surface area contributed by atoms with Crippen molar-refractivity contribution in [1.29, 1.82) is 10.5 Å². The van der Waals surface area contributed by atoms with Gasteiger partial charge in [-0.15, -0.1) is 0 Å². The first-order chi connectivity index (χ1) is 24.1. The quantitative estimate of drug-likeness (QED) is 0.195. The Hall–Kier alpha value is -6.62. The Balaban J connectivity index is 1.31. The number of rotatable bonds is 4. The zero-order valence-electron chi connectivity index (χ0n) is 27.0. The summed E-state index contributed by atoms with van der Waals surface area (Å²) in [4.78, 5) is 2.19. The van der Waals surface area contributed by atoms with Gasteiger partial charge in [-0.05, 0) is 89.7 Å². The lowest BCUT2D eigenvalue weighted by molar-refractivity contribution is 0.889. The van der Waals surface area contributed by atoms with Gasteiger partial charge in [0.15, 0.2) is 0 Å². The van der Waals surface area contributed by atoms with E-state index in [4.69, 9.17) is 0 Å². The van der Waals surface area contributed by atoms with Crippen molar-refractivity contribution in [2.75, 3.05) is 11.4 Å². The van der Waals surface area contributed by atoms with Crippen molar-refractivity contribution in [3.63, 3.8) is 0 Å². The van der Waals surface area contributed by atoms with E-state index in [0.29, 0.717) is 17.7 Å². The van der Waals surface area contributed by atoms with Crippen LogP contribution in [-0.2, 0) is 6.42 Å². The highest BCUT2D eigenvalue weighted by atomic mass is 15.1. The van der Waals surface area contributed by atoms with Crippen LogP contribution in [0.3, 0.4) is 0 Å². The number of hydrogen-bond acceptors (Lipinski definition) is 3. The van der Waals surface area contributed by atoms with E-state index in [-0.39, 0.29) is 0 Å². The van der Waals surface area contributed by atoms with Gasteiger partial charge in [-0.2, -0.15) is 10.5 Å². The average Bonchev–Trinajstić information content (AvgIpc) is 3.52. The zero-order chi connectivity index (χ0) is 33.3. The lowest BCUT2D eigenvalue weighted by atomic mass is 9.95. The number of para-hydroxylation sites is 2. The average molecular weight is 629 g/mol. The molecule has 0 radical (unpaired) electrons. The summed E-state index contributed by atoms with van der Waals surface area (Å²) in [5, 5.41) is 21.2. The molecule has 0 N–H and O–H groups in total. The van der Waals surface area contributed by atoms with Crippen molar-refractivity contribution in [1.82, 2.24) is 4.57 Å². The van der Waals surface area contributed by atoms with Gasteiger partial charge in [0.05, 0.1) is 34.5 Å². The molecule has 5 aromatic carbocycles. The van der Waals surface area contributed by atoms with Crippen LogP contribution in [0.1, 0.15) is 28.8 Å². The molecule has 0 atom stereocenters. The maximum atomic E-state index is 10.2. The molecule has 49 heavy (non-hydrogen) atoms. The Bertz CT molecular complexity index is 2460. The highest BCUT2D eigenvalue weighted by Gasteiger charge is 2.22. The van der Waals surface area contributed by atoms with E-state index in [1.54, 1.807) is 0 Å². The molecule has 0 unspecified atom stereocenters. The molecule has 6 aromatic rings. The minimum Gasteiger partial charge on any atom is -0.337 e. The van der Waals surface area contributed by atoms with Gasteiger partial charge in [-0.3, -0.25) is 0 Å². The Morgan fingerprint density at radius 1 is 0.653 bits per heavy atom. The number of benzene rings is 5. The molecule has 8 rings (SSSR count). The number of nitrogens with zero attached hydrogens (tertiary/aromatic N) is 4. The van der Waals surface area contributed by atoms with Crippen molar-refractivity contribution in [2.24, 2.45) is 0 Å². The Morgan fingerprint density at radius 2 is 1.47 bits per heavy atom. The van der Waals surface area contributed by atoms with Crippen molar-refractivity contribution in [3.8, 4) is 40.1 Å². The number of aromatic nitrogens is 1. The molecule has 0 saturated carbocycles. The number of hydrogen-bond donors (Lipinski definition) is 0. The van der Waals surface area contributed by atoms with Crippen LogP contribution in [0.15, 0.2) is 152 Å². The smallest absolute Gasteiger partial charge is 0.0992 e. The summed E-state index contributed by atoms with van der Waals surface area (Å²) in [7, 11) is 0. The summed E-state index contributed by atoms with van der Waals surface area (Å²) < 4.78 is 2.44. The maximum absolute atomic E-state index is 10.2.